The van der Waals surface area contributed by atoms with E-state index in [0.29, 0.717) is 6.54 Å². The predicted octanol–water partition coefficient (Wildman–Crippen LogP) is 1.77. The SMILES string of the molecule is NNCc1cnc(-c2ccccc2)s1. The van der Waals surface area contributed by atoms with Gasteiger partial charge in [-0.15, -0.1) is 11.3 Å². The summed E-state index contributed by atoms with van der Waals surface area (Å²) in [5.41, 5.74) is 3.77. The maximum Gasteiger partial charge on any atom is 0.123 e. The van der Waals surface area contributed by atoms with Crippen LogP contribution in [0.4, 0.5) is 0 Å². The third kappa shape index (κ3) is 1.98. The fourth-order valence-electron chi connectivity index (χ4n) is 1.20. The third-order valence-electron chi connectivity index (χ3n) is 1.85. The zero-order valence-corrected chi connectivity index (χ0v) is 8.42. The Balaban J connectivity index is 2.25. The molecule has 2 aromatic rings. The van der Waals surface area contributed by atoms with Gasteiger partial charge in [0, 0.05) is 23.2 Å². The Morgan fingerprint density at radius 2 is 2.07 bits per heavy atom. The highest BCUT2D eigenvalue weighted by molar-refractivity contribution is 7.15. The van der Waals surface area contributed by atoms with Gasteiger partial charge >= 0.3 is 0 Å². The lowest BCUT2D eigenvalue weighted by molar-refractivity contribution is 0.750. The Morgan fingerprint density at radius 3 is 2.79 bits per heavy atom. The second-order valence-electron chi connectivity index (χ2n) is 2.88. The van der Waals surface area contributed by atoms with Crippen LogP contribution < -0.4 is 11.3 Å². The highest BCUT2D eigenvalue weighted by Crippen LogP contribution is 2.24. The minimum atomic E-state index is 0.671. The highest BCUT2D eigenvalue weighted by atomic mass is 32.1. The van der Waals surface area contributed by atoms with E-state index in [1.54, 1.807) is 11.3 Å². The maximum atomic E-state index is 5.24. The third-order valence-corrected chi connectivity index (χ3v) is 2.90. The minimum absolute atomic E-state index is 0.671. The Labute approximate surface area is 86.6 Å². The second-order valence-corrected chi connectivity index (χ2v) is 3.99. The highest BCUT2D eigenvalue weighted by Gasteiger charge is 2.02. The average molecular weight is 205 g/mol. The van der Waals surface area contributed by atoms with Crippen molar-refractivity contribution >= 4 is 11.3 Å². The maximum absolute atomic E-state index is 5.24. The predicted molar refractivity (Wildman–Crippen MR) is 58.6 cm³/mol. The van der Waals surface area contributed by atoms with Gasteiger partial charge in [0.2, 0.25) is 0 Å². The monoisotopic (exact) mass is 205 g/mol. The molecule has 14 heavy (non-hydrogen) atoms. The van der Waals surface area contributed by atoms with Crippen molar-refractivity contribution in [1.82, 2.24) is 10.4 Å². The number of rotatable bonds is 3. The fourth-order valence-corrected chi connectivity index (χ4v) is 2.07. The topological polar surface area (TPSA) is 50.9 Å². The van der Waals surface area contributed by atoms with E-state index < -0.39 is 0 Å². The second kappa shape index (κ2) is 4.32. The Kier molecular flexibility index (Phi) is 2.88. The van der Waals surface area contributed by atoms with Gasteiger partial charge in [0.15, 0.2) is 0 Å². The van der Waals surface area contributed by atoms with Gasteiger partial charge in [-0.2, -0.15) is 0 Å². The van der Waals surface area contributed by atoms with Crippen molar-refractivity contribution in [3.63, 3.8) is 0 Å². The largest absolute Gasteiger partial charge is 0.271 e. The van der Waals surface area contributed by atoms with Gasteiger partial charge in [0.25, 0.3) is 0 Å². The molecule has 0 aliphatic heterocycles. The summed E-state index contributed by atoms with van der Waals surface area (Å²) in [6.07, 6.45) is 1.85. The van der Waals surface area contributed by atoms with Crippen LogP contribution in [0.5, 0.6) is 0 Å². The molecule has 0 amide bonds. The van der Waals surface area contributed by atoms with Crippen LogP contribution in [0.3, 0.4) is 0 Å². The Bertz CT molecular complexity index is 397. The number of aromatic nitrogens is 1. The zero-order valence-electron chi connectivity index (χ0n) is 7.60. The molecule has 0 saturated heterocycles. The summed E-state index contributed by atoms with van der Waals surface area (Å²) < 4.78 is 0. The van der Waals surface area contributed by atoms with Crippen LogP contribution >= 0.6 is 11.3 Å². The lowest BCUT2D eigenvalue weighted by atomic mass is 10.2. The average Bonchev–Trinajstić information content (AvgIpc) is 2.68. The normalized spacial score (nSPS) is 10.4. The van der Waals surface area contributed by atoms with Crippen molar-refractivity contribution in [3.05, 3.63) is 41.4 Å². The van der Waals surface area contributed by atoms with Crippen molar-refractivity contribution < 1.29 is 0 Å². The zero-order chi connectivity index (χ0) is 9.80. The van der Waals surface area contributed by atoms with Crippen LogP contribution in [-0.2, 0) is 6.54 Å². The molecule has 1 aromatic carbocycles. The molecule has 0 aliphatic carbocycles. The van der Waals surface area contributed by atoms with E-state index in [9.17, 15) is 0 Å². The standard InChI is InChI=1S/C10H11N3S/c11-13-7-9-6-12-10(14-9)8-4-2-1-3-5-8/h1-6,13H,7,11H2. The molecule has 0 aliphatic rings. The number of hydrazine groups is 1. The number of benzene rings is 1. The van der Waals surface area contributed by atoms with Crippen LogP contribution in [0.15, 0.2) is 36.5 Å². The van der Waals surface area contributed by atoms with Gasteiger partial charge in [0.05, 0.1) is 0 Å². The quantitative estimate of drug-likeness (QED) is 0.593. The molecule has 0 saturated carbocycles. The van der Waals surface area contributed by atoms with Crippen molar-refractivity contribution in [1.29, 1.82) is 0 Å². The van der Waals surface area contributed by atoms with Gasteiger partial charge in [0.1, 0.15) is 5.01 Å². The molecule has 0 atom stereocenters. The summed E-state index contributed by atoms with van der Waals surface area (Å²) in [4.78, 5) is 5.47. The van der Waals surface area contributed by atoms with Crippen molar-refractivity contribution in [3.8, 4) is 10.6 Å². The van der Waals surface area contributed by atoms with Gasteiger partial charge < -0.3 is 0 Å². The molecule has 2 rings (SSSR count). The lowest BCUT2D eigenvalue weighted by Crippen LogP contribution is -2.19. The van der Waals surface area contributed by atoms with E-state index in [1.165, 1.54) is 0 Å². The summed E-state index contributed by atoms with van der Waals surface area (Å²) in [5, 5.41) is 1.04. The molecule has 0 fully saturated rings. The first kappa shape index (κ1) is 9.33. The number of nitrogens with zero attached hydrogens (tertiary/aromatic N) is 1. The molecule has 1 heterocycles. The lowest BCUT2D eigenvalue weighted by Gasteiger charge is -1.93. The van der Waals surface area contributed by atoms with Gasteiger partial charge in [-0.05, 0) is 0 Å². The van der Waals surface area contributed by atoms with E-state index in [1.807, 2.05) is 24.4 Å². The molecular formula is C10H11N3S. The molecule has 0 spiro atoms. The van der Waals surface area contributed by atoms with E-state index >= 15 is 0 Å². The molecule has 1 aromatic heterocycles. The summed E-state index contributed by atoms with van der Waals surface area (Å²) in [5.74, 6) is 5.24. The van der Waals surface area contributed by atoms with Gasteiger partial charge in [-0.25, -0.2) is 4.98 Å². The van der Waals surface area contributed by atoms with Crippen molar-refractivity contribution in [2.45, 2.75) is 6.54 Å². The van der Waals surface area contributed by atoms with Crippen LogP contribution in [-0.4, -0.2) is 4.98 Å². The van der Waals surface area contributed by atoms with Gasteiger partial charge in [-0.3, -0.25) is 11.3 Å². The van der Waals surface area contributed by atoms with Crippen LogP contribution in [0.25, 0.3) is 10.6 Å². The molecular weight excluding hydrogens is 194 g/mol. The first-order valence-corrected chi connectivity index (χ1v) is 5.15. The first-order valence-electron chi connectivity index (χ1n) is 4.34. The molecule has 0 bridgehead atoms. The number of nitrogens with one attached hydrogen (secondary N) is 1. The first-order chi connectivity index (χ1) is 6.90. The molecule has 4 heteroatoms. The van der Waals surface area contributed by atoms with Crippen molar-refractivity contribution in [2.75, 3.05) is 0 Å². The molecule has 72 valence electrons. The number of nitrogens with two attached hydrogens (primary N) is 1. The van der Waals surface area contributed by atoms with Gasteiger partial charge in [-0.1, -0.05) is 30.3 Å². The Morgan fingerprint density at radius 1 is 1.29 bits per heavy atom. The van der Waals surface area contributed by atoms with Crippen LogP contribution in [0.2, 0.25) is 0 Å². The van der Waals surface area contributed by atoms with E-state index in [4.69, 9.17) is 5.84 Å². The number of hydrogen-bond donors (Lipinski definition) is 2. The summed E-state index contributed by atoms with van der Waals surface area (Å²) in [6, 6.07) is 10.1. The Hall–Kier alpha value is -1.23. The minimum Gasteiger partial charge on any atom is -0.271 e. The number of thiazole rings is 1. The summed E-state index contributed by atoms with van der Waals surface area (Å²) >= 11 is 1.66. The summed E-state index contributed by atoms with van der Waals surface area (Å²) in [7, 11) is 0. The molecule has 0 radical (unpaired) electrons. The number of hydrogen-bond acceptors (Lipinski definition) is 4. The van der Waals surface area contributed by atoms with E-state index in [2.05, 4.69) is 22.5 Å². The van der Waals surface area contributed by atoms with Crippen molar-refractivity contribution in [2.24, 2.45) is 5.84 Å². The van der Waals surface area contributed by atoms with Crippen LogP contribution in [0.1, 0.15) is 4.88 Å². The molecule has 3 nitrogen and oxygen atoms in total. The molecule has 0 unspecified atom stereocenters. The van der Waals surface area contributed by atoms with Crippen LogP contribution in [0, 0.1) is 0 Å². The van der Waals surface area contributed by atoms with E-state index in [-0.39, 0.29) is 0 Å². The smallest absolute Gasteiger partial charge is 0.123 e. The molecule has 3 N–H and O–H groups in total. The summed E-state index contributed by atoms with van der Waals surface area (Å²) in [6.45, 7) is 0.671. The fraction of sp³-hybridized carbons (Fsp3) is 0.100. The van der Waals surface area contributed by atoms with E-state index in [0.717, 1.165) is 15.4 Å².